The number of rotatable bonds is 3. The van der Waals surface area contributed by atoms with Crippen LogP contribution in [0.15, 0.2) is 54.6 Å². The predicted molar refractivity (Wildman–Crippen MR) is 82.4 cm³/mol. The number of carbonyl (C=O) groups excluding carboxylic acids is 2. The third-order valence-corrected chi connectivity index (χ3v) is 4.56. The average molecular weight is 345 g/mol. The summed E-state index contributed by atoms with van der Waals surface area (Å²) in [6, 6.07) is 16.7. The van der Waals surface area contributed by atoms with Crippen molar-refractivity contribution >= 4 is 27.7 Å². The van der Waals surface area contributed by atoms with Gasteiger partial charge in [-0.25, -0.2) is 0 Å². The number of ether oxygens (including phenoxy) is 1. The topological polar surface area (TPSA) is 43.4 Å². The van der Waals surface area contributed by atoms with Gasteiger partial charge in [-0.05, 0) is 11.1 Å². The zero-order valence-electron chi connectivity index (χ0n) is 11.2. The third kappa shape index (κ3) is 2.51. The van der Waals surface area contributed by atoms with Crippen LogP contribution in [0, 0.1) is 0 Å². The molecule has 0 bridgehead atoms. The Morgan fingerprint density at radius 2 is 1.76 bits per heavy atom. The van der Waals surface area contributed by atoms with E-state index in [-0.39, 0.29) is 12.4 Å². The molecule has 0 aromatic heterocycles. The summed E-state index contributed by atoms with van der Waals surface area (Å²) in [5, 5.41) is 0. The minimum atomic E-state index is -1.29. The van der Waals surface area contributed by atoms with Crippen molar-refractivity contribution in [3.63, 3.8) is 0 Å². The van der Waals surface area contributed by atoms with Gasteiger partial charge >= 0.3 is 5.97 Å². The number of halogens is 1. The van der Waals surface area contributed by atoms with E-state index >= 15 is 0 Å². The molecule has 3 rings (SSSR count). The quantitative estimate of drug-likeness (QED) is 0.487. The molecule has 3 nitrogen and oxygen atoms in total. The van der Waals surface area contributed by atoms with Crippen molar-refractivity contribution in [1.29, 1.82) is 0 Å². The Hall–Kier alpha value is -1.94. The first-order valence-corrected chi connectivity index (χ1v) is 7.43. The van der Waals surface area contributed by atoms with Crippen molar-refractivity contribution in [3.05, 3.63) is 71.3 Å². The molecule has 0 aliphatic heterocycles. The van der Waals surface area contributed by atoms with E-state index < -0.39 is 10.3 Å². The molecule has 0 heterocycles. The number of carbonyl (C=O) groups is 2. The molecule has 0 spiro atoms. The molecule has 0 saturated carbocycles. The van der Waals surface area contributed by atoms with Gasteiger partial charge in [0.05, 0.1) is 0 Å². The zero-order valence-corrected chi connectivity index (χ0v) is 12.8. The standard InChI is InChI=1S/C17H13BrO3/c18-17(10-13-8-4-5-9-14(13)15(17)19)16(20)21-11-12-6-2-1-3-7-12/h1-9H,10-11H2. The molecule has 4 heteroatoms. The molecule has 2 aromatic carbocycles. The van der Waals surface area contributed by atoms with Crippen molar-refractivity contribution in [2.75, 3.05) is 0 Å². The highest BCUT2D eigenvalue weighted by molar-refractivity contribution is 9.10. The second-order valence-corrected chi connectivity index (χ2v) is 6.38. The van der Waals surface area contributed by atoms with E-state index in [4.69, 9.17) is 4.74 Å². The van der Waals surface area contributed by atoms with Crippen molar-refractivity contribution in [2.45, 2.75) is 17.4 Å². The van der Waals surface area contributed by atoms with Gasteiger partial charge in [-0.1, -0.05) is 70.5 Å². The van der Waals surface area contributed by atoms with Crippen LogP contribution in [0.2, 0.25) is 0 Å². The summed E-state index contributed by atoms with van der Waals surface area (Å²) in [6.07, 6.45) is 0.329. The Balaban J connectivity index is 1.75. The molecule has 0 fully saturated rings. The minimum absolute atomic E-state index is 0.163. The van der Waals surface area contributed by atoms with E-state index in [2.05, 4.69) is 15.9 Å². The van der Waals surface area contributed by atoms with E-state index in [1.165, 1.54) is 0 Å². The molecular weight excluding hydrogens is 332 g/mol. The Labute approximate surface area is 131 Å². The Morgan fingerprint density at radius 1 is 1.10 bits per heavy atom. The second-order valence-electron chi connectivity index (χ2n) is 5.03. The van der Waals surface area contributed by atoms with Crippen LogP contribution < -0.4 is 0 Å². The molecule has 1 unspecified atom stereocenters. The first kappa shape index (κ1) is 14.0. The fourth-order valence-electron chi connectivity index (χ4n) is 2.45. The molecule has 0 amide bonds. The molecule has 0 radical (unpaired) electrons. The first-order valence-electron chi connectivity index (χ1n) is 6.64. The van der Waals surface area contributed by atoms with Crippen LogP contribution in [0.25, 0.3) is 0 Å². The molecule has 0 saturated heterocycles. The van der Waals surface area contributed by atoms with Crippen LogP contribution in [-0.4, -0.2) is 16.1 Å². The smallest absolute Gasteiger partial charge is 0.331 e. The Kier molecular flexibility index (Phi) is 3.64. The Morgan fingerprint density at radius 3 is 2.48 bits per heavy atom. The number of ketones is 1. The molecule has 21 heavy (non-hydrogen) atoms. The summed E-state index contributed by atoms with van der Waals surface area (Å²) in [7, 11) is 0. The maximum absolute atomic E-state index is 12.4. The van der Waals surface area contributed by atoms with Gasteiger partial charge in [0.15, 0.2) is 10.1 Å². The van der Waals surface area contributed by atoms with Crippen LogP contribution in [0.4, 0.5) is 0 Å². The highest BCUT2D eigenvalue weighted by atomic mass is 79.9. The monoisotopic (exact) mass is 344 g/mol. The van der Waals surface area contributed by atoms with Gasteiger partial charge in [0.1, 0.15) is 6.61 Å². The lowest BCUT2D eigenvalue weighted by molar-refractivity contribution is -0.146. The van der Waals surface area contributed by atoms with Gasteiger partial charge in [-0.15, -0.1) is 0 Å². The summed E-state index contributed by atoms with van der Waals surface area (Å²) in [6.45, 7) is 0.163. The van der Waals surface area contributed by atoms with E-state index in [1.54, 1.807) is 12.1 Å². The summed E-state index contributed by atoms with van der Waals surface area (Å²) >= 11 is 3.31. The average Bonchev–Trinajstić information content (AvgIpc) is 2.79. The number of hydrogen-bond acceptors (Lipinski definition) is 3. The third-order valence-electron chi connectivity index (χ3n) is 3.59. The van der Waals surface area contributed by atoms with Crippen molar-refractivity contribution in [3.8, 4) is 0 Å². The first-order chi connectivity index (χ1) is 10.1. The van der Waals surface area contributed by atoms with Crippen LogP contribution >= 0.6 is 15.9 Å². The predicted octanol–water partition coefficient (Wildman–Crippen LogP) is 3.30. The summed E-state index contributed by atoms with van der Waals surface area (Å²) in [5.41, 5.74) is 2.35. The fourth-order valence-corrected chi connectivity index (χ4v) is 3.08. The zero-order chi connectivity index (χ0) is 14.9. The van der Waals surface area contributed by atoms with Crippen LogP contribution in [-0.2, 0) is 22.6 Å². The molecule has 1 atom stereocenters. The van der Waals surface area contributed by atoms with Gasteiger partial charge in [-0.2, -0.15) is 0 Å². The van der Waals surface area contributed by atoms with Gasteiger partial charge in [-0.3, -0.25) is 9.59 Å². The van der Waals surface area contributed by atoms with Crippen LogP contribution in [0.5, 0.6) is 0 Å². The number of Topliss-reactive ketones (excluding diaryl/α,β-unsaturated/α-hetero) is 1. The molecule has 1 aliphatic rings. The molecule has 0 N–H and O–H groups in total. The number of esters is 1. The number of hydrogen-bond donors (Lipinski definition) is 0. The Bertz CT molecular complexity index is 696. The molecule has 106 valence electrons. The maximum Gasteiger partial charge on any atom is 0.331 e. The lowest BCUT2D eigenvalue weighted by Crippen LogP contribution is -2.39. The molecular formula is C17H13BrO3. The van der Waals surface area contributed by atoms with Crippen LogP contribution in [0.1, 0.15) is 21.5 Å². The lowest BCUT2D eigenvalue weighted by Gasteiger charge is -2.18. The summed E-state index contributed by atoms with van der Waals surface area (Å²) < 4.78 is 4.02. The number of benzene rings is 2. The van der Waals surface area contributed by atoms with E-state index in [9.17, 15) is 9.59 Å². The van der Waals surface area contributed by atoms with Gasteiger partial charge in [0.25, 0.3) is 0 Å². The van der Waals surface area contributed by atoms with E-state index in [0.717, 1.165) is 11.1 Å². The van der Waals surface area contributed by atoms with Gasteiger partial charge in [0.2, 0.25) is 0 Å². The largest absolute Gasteiger partial charge is 0.459 e. The fraction of sp³-hybridized carbons (Fsp3) is 0.176. The molecule has 1 aliphatic carbocycles. The van der Waals surface area contributed by atoms with Crippen molar-refractivity contribution in [2.24, 2.45) is 0 Å². The van der Waals surface area contributed by atoms with E-state index in [0.29, 0.717) is 12.0 Å². The van der Waals surface area contributed by atoms with Crippen LogP contribution in [0.3, 0.4) is 0 Å². The second kappa shape index (κ2) is 5.45. The highest BCUT2D eigenvalue weighted by Crippen LogP contribution is 2.37. The maximum atomic E-state index is 12.4. The highest BCUT2D eigenvalue weighted by Gasteiger charge is 2.50. The summed E-state index contributed by atoms with van der Waals surface area (Å²) in [4.78, 5) is 24.8. The van der Waals surface area contributed by atoms with Crippen molar-refractivity contribution in [1.82, 2.24) is 0 Å². The number of alkyl halides is 1. The summed E-state index contributed by atoms with van der Waals surface area (Å²) in [5.74, 6) is -0.760. The van der Waals surface area contributed by atoms with E-state index in [1.807, 2.05) is 42.5 Å². The normalized spacial score (nSPS) is 20.1. The SMILES string of the molecule is O=C(OCc1ccccc1)C1(Br)Cc2ccccc2C1=O. The minimum Gasteiger partial charge on any atom is -0.459 e. The van der Waals surface area contributed by atoms with Gasteiger partial charge in [0, 0.05) is 12.0 Å². The van der Waals surface area contributed by atoms with Gasteiger partial charge < -0.3 is 4.74 Å². The number of fused-ring (bicyclic) bond motifs is 1. The lowest BCUT2D eigenvalue weighted by atomic mass is 10.1. The van der Waals surface area contributed by atoms with Crippen molar-refractivity contribution < 1.29 is 14.3 Å². The molecule has 2 aromatic rings.